The van der Waals surface area contributed by atoms with E-state index >= 15 is 0 Å². The van der Waals surface area contributed by atoms with Gasteiger partial charge in [0, 0.05) is 30.0 Å². The van der Waals surface area contributed by atoms with E-state index < -0.39 is 0 Å². The third-order valence-electron chi connectivity index (χ3n) is 5.74. The molecule has 0 bridgehead atoms. The highest BCUT2D eigenvalue weighted by Gasteiger charge is 2.18. The SMILES string of the molecule is Cc1cccc(C(C)C)c1NC(=O)c1ccc(CN2CCc3ccccc32)cc1. The molecule has 0 atom stereocenters. The van der Waals surface area contributed by atoms with E-state index in [-0.39, 0.29) is 5.91 Å². The standard InChI is InChI=1S/C26H28N2O/c1-18(2)23-9-6-7-19(3)25(23)27-26(29)22-13-11-20(12-14-22)17-28-16-15-21-8-4-5-10-24(21)28/h4-14,18H,15-17H2,1-3H3,(H,27,29). The summed E-state index contributed by atoms with van der Waals surface area (Å²) in [5.41, 5.74) is 7.85. The maximum Gasteiger partial charge on any atom is 0.255 e. The fourth-order valence-electron chi connectivity index (χ4n) is 4.08. The lowest BCUT2D eigenvalue weighted by Gasteiger charge is -2.20. The number of rotatable bonds is 5. The molecule has 29 heavy (non-hydrogen) atoms. The zero-order valence-electron chi connectivity index (χ0n) is 17.4. The van der Waals surface area contributed by atoms with Gasteiger partial charge in [0.15, 0.2) is 0 Å². The molecule has 3 heteroatoms. The van der Waals surface area contributed by atoms with Crippen LogP contribution in [0.3, 0.4) is 0 Å². The summed E-state index contributed by atoms with van der Waals surface area (Å²) in [5.74, 6) is 0.301. The van der Waals surface area contributed by atoms with Crippen molar-refractivity contribution in [2.75, 3.05) is 16.8 Å². The van der Waals surface area contributed by atoms with Crippen LogP contribution in [-0.2, 0) is 13.0 Å². The smallest absolute Gasteiger partial charge is 0.255 e. The average molecular weight is 385 g/mol. The van der Waals surface area contributed by atoms with Gasteiger partial charge < -0.3 is 10.2 Å². The highest BCUT2D eigenvalue weighted by molar-refractivity contribution is 6.05. The summed E-state index contributed by atoms with van der Waals surface area (Å²) in [4.78, 5) is 15.2. The molecule has 4 rings (SSSR count). The third kappa shape index (κ3) is 4.04. The maximum atomic E-state index is 12.8. The summed E-state index contributed by atoms with van der Waals surface area (Å²) in [6.45, 7) is 8.25. The van der Waals surface area contributed by atoms with Crippen molar-refractivity contribution in [3.05, 3.63) is 94.5 Å². The summed E-state index contributed by atoms with van der Waals surface area (Å²) in [7, 11) is 0. The second-order valence-corrected chi connectivity index (χ2v) is 8.15. The molecule has 1 amide bonds. The van der Waals surface area contributed by atoms with Crippen LogP contribution in [-0.4, -0.2) is 12.5 Å². The Hall–Kier alpha value is -3.07. The molecule has 1 aliphatic heterocycles. The van der Waals surface area contributed by atoms with Crippen molar-refractivity contribution in [1.82, 2.24) is 0 Å². The van der Waals surface area contributed by atoms with E-state index in [4.69, 9.17) is 0 Å². The normalized spacial score (nSPS) is 12.9. The fraction of sp³-hybridized carbons (Fsp3) is 0.269. The molecular formula is C26H28N2O. The number of hydrogen-bond donors (Lipinski definition) is 1. The number of hydrogen-bond acceptors (Lipinski definition) is 2. The monoisotopic (exact) mass is 384 g/mol. The number of para-hydroxylation sites is 2. The van der Waals surface area contributed by atoms with Gasteiger partial charge in [-0.25, -0.2) is 0 Å². The molecule has 0 aliphatic carbocycles. The average Bonchev–Trinajstić information content (AvgIpc) is 3.13. The largest absolute Gasteiger partial charge is 0.367 e. The van der Waals surface area contributed by atoms with Gasteiger partial charge in [-0.2, -0.15) is 0 Å². The predicted octanol–water partition coefficient (Wildman–Crippen LogP) is 5.93. The first-order valence-corrected chi connectivity index (χ1v) is 10.4. The minimum absolute atomic E-state index is 0.0562. The molecule has 1 heterocycles. The first-order valence-electron chi connectivity index (χ1n) is 10.4. The van der Waals surface area contributed by atoms with Crippen LogP contribution < -0.4 is 10.2 Å². The van der Waals surface area contributed by atoms with E-state index in [1.807, 2.05) is 31.2 Å². The van der Waals surface area contributed by atoms with Crippen LogP contribution in [0.2, 0.25) is 0 Å². The Bertz CT molecular complexity index is 1020. The van der Waals surface area contributed by atoms with Crippen LogP contribution in [0.1, 0.15) is 52.4 Å². The van der Waals surface area contributed by atoms with Crippen LogP contribution in [0.15, 0.2) is 66.7 Å². The number of nitrogens with zero attached hydrogens (tertiary/aromatic N) is 1. The molecule has 0 saturated carbocycles. The van der Waals surface area contributed by atoms with Gasteiger partial charge in [0.25, 0.3) is 5.91 Å². The lowest BCUT2D eigenvalue weighted by atomic mass is 9.98. The molecule has 0 unspecified atom stereocenters. The summed E-state index contributed by atoms with van der Waals surface area (Å²) in [5, 5.41) is 3.13. The second kappa shape index (κ2) is 8.12. The van der Waals surface area contributed by atoms with Gasteiger partial charge in [-0.05, 0) is 59.7 Å². The van der Waals surface area contributed by atoms with Crippen molar-refractivity contribution in [2.45, 2.75) is 39.7 Å². The van der Waals surface area contributed by atoms with E-state index in [1.165, 1.54) is 22.4 Å². The Morgan fingerprint density at radius 1 is 1.00 bits per heavy atom. The van der Waals surface area contributed by atoms with Crippen molar-refractivity contribution in [2.24, 2.45) is 0 Å². The molecule has 0 saturated heterocycles. The first kappa shape index (κ1) is 19.3. The Balaban J connectivity index is 1.47. The third-order valence-corrected chi connectivity index (χ3v) is 5.74. The van der Waals surface area contributed by atoms with E-state index in [0.29, 0.717) is 11.5 Å². The van der Waals surface area contributed by atoms with E-state index in [9.17, 15) is 4.79 Å². The van der Waals surface area contributed by atoms with E-state index in [0.717, 1.165) is 30.8 Å². The van der Waals surface area contributed by atoms with Gasteiger partial charge >= 0.3 is 0 Å². The van der Waals surface area contributed by atoms with Crippen LogP contribution >= 0.6 is 0 Å². The van der Waals surface area contributed by atoms with Gasteiger partial charge in [-0.3, -0.25) is 4.79 Å². The van der Waals surface area contributed by atoms with Crippen LogP contribution in [0.25, 0.3) is 0 Å². The zero-order valence-corrected chi connectivity index (χ0v) is 17.4. The summed E-state index contributed by atoms with van der Waals surface area (Å²) >= 11 is 0. The van der Waals surface area contributed by atoms with Crippen LogP contribution in [0.4, 0.5) is 11.4 Å². The molecule has 0 spiro atoms. The quantitative estimate of drug-likeness (QED) is 0.591. The predicted molar refractivity (Wildman–Crippen MR) is 121 cm³/mol. The van der Waals surface area contributed by atoms with Crippen molar-refractivity contribution < 1.29 is 4.79 Å². The number of carbonyl (C=O) groups is 1. The molecule has 148 valence electrons. The zero-order chi connectivity index (χ0) is 20.4. The number of anilines is 2. The van der Waals surface area contributed by atoms with Crippen LogP contribution in [0.5, 0.6) is 0 Å². The Labute approximate surface area is 173 Å². The van der Waals surface area contributed by atoms with Crippen LogP contribution in [0, 0.1) is 6.92 Å². The van der Waals surface area contributed by atoms with Gasteiger partial charge in [0.05, 0.1) is 0 Å². The second-order valence-electron chi connectivity index (χ2n) is 8.15. The number of benzene rings is 3. The van der Waals surface area contributed by atoms with E-state index in [1.54, 1.807) is 0 Å². The molecule has 3 aromatic carbocycles. The van der Waals surface area contributed by atoms with Gasteiger partial charge in [-0.15, -0.1) is 0 Å². The van der Waals surface area contributed by atoms with Crippen molar-refractivity contribution in [3.63, 3.8) is 0 Å². The first-order chi connectivity index (χ1) is 14.0. The highest BCUT2D eigenvalue weighted by atomic mass is 16.1. The molecule has 3 aromatic rings. The maximum absolute atomic E-state index is 12.8. The Kier molecular flexibility index (Phi) is 5.39. The molecular weight excluding hydrogens is 356 g/mol. The van der Waals surface area contributed by atoms with Gasteiger partial charge in [-0.1, -0.05) is 62.4 Å². The van der Waals surface area contributed by atoms with Crippen molar-refractivity contribution >= 4 is 17.3 Å². The van der Waals surface area contributed by atoms with Crippen molar-refractivity contribution in [3.8, 4) is 0 Å². The van der Waals surface area contributed by atoms with Gasteiger partial charge in [0.2, 0.25) is 0 Å². The molecule has 0 fully saturated rings. The summed E-state index contributed by atoms with van der Waals surface area (Å²) < 4.78 is 0. The number of amides is 1. The summed E-state index contributed by atoms with van der Waals surface area (Å²) in [6, 6.07) is 22.8. The topological polar surface area (TPSA) is 32.3 Å². The molecule has 0 aromatic heterocycles. The molecule has 3 nitrogen and oxygen atoms in total. The summed E-state index contributed by atoms with van der Waals surface area (Å²) in [6.07, 6.45) is 1.10. The number of aryl methyl sites for hydroxylation is 1. The lowest BCUT2D eigenvalue weighted by molar-refractivity contribution is 0.102. The Morgan fingerprint density at radius 2 is 1.76 bits per heavy atom. The van der Waals surface area contributed by atoms with E-state index in [2.05, 4.69) is 66.5 Å². The molecule has 0 radical (unpaired) electrons. The minimum atomic E-state index is -0.0562. The van der Waals surface area contributed by atoms with Gasteiger partial charge in [0.1, 0.15) is 0 Å². The minimum Gasteiger partial charge on any atom is -0.367 e. The Morgan fingerprint density at radius 3 is 2.52 bits per heavy atom. The fourth-order valence-corrected chi connectivity index (χ4v) is 4.08. The molecule has 1 aliphatic rings. The number of nitrogens with one attached hydrogen (secondary N) is 1. The number of fused-ring (bicyclic) bond motifs is 1. The van der Waals surface area contributed by atoms with Crippen molar-refractivity contribution in [1.29, 1.82) is 0 Å². The number of carbonyl (C=O) groups excluding carboxylic acids is 1. The highest BCUT2D eigenvalue weighted by Crippen LogP contribution is 2.29. The lowest BCUT2D eigenvalue weighted by Crippen LogP contribution is -2.20. The molecule has 1 N–H and O–H groups in total.